The number of amides is 1. The van der Waals surface area contributed by atoms with Crippen molar-refractivity contribution in [3.05, 3.63) is 35.9 Å². The molecule has 9 heteroatoms. The van der Waals surface area contributed by atoms with Crippen LogP contribution in [0.4, 0.5) is 0 Å². The first-order valence-corrected chi connectivity index (χ1v) is 10.5. The summed E-state index contributed by atoms with van der Waals surface area (Å²) in [6.07, 6.45) is 1.24. The molecule has 1 aliphatic heterocycles. The molecule has 150 valence electrons. The molecule has 0 spiro atoms. The number of carboxylic acid groups (broad SMARTS) is 1. The van der Waals surface area contributed by atoms with Crippen LogP contribution in [0, 0.1) is 5.92 Å². The summed E-state index contributed by atoms with van der Waals surface area (Å²) in [5.74, 6) is -2.25. The lowest BCUT2D eigenvalue weighted by Crippen LogP contribution is -2.49. The zero-order valence-electron chi connectivity index (χ0n) is 15.3. The molecule has 8 nitrogen and oxygen atoms in total. The third-order valence-corrected chi connectivity index (χ3v) is 6.38. The van der Waals surface area contributed by atoms with Gasteiger partial charge in [-0.3, -0.25) is 4.79 Å². The summed E-state index contributed by atoms with van der Waals surface area (Å²) in [4.78, 5) is 23.7. The molecule has 1 amide bonds. The largest absolute Gasteiger partial charge is 0.480 e. The fraction of sp³-hybridized carbons (Fsp3) is 0.556. The Hall–Kier alpha value is -1.97. The Balaban J connectivity index is 1.99. The standard InChI is InChI=1S/C18H26N2O6S/c1-26-11-9-16(18(22)23)19-17(21)15-8-5-10-20(12-15)27(24,25)13-14-6-3-2-4-7-14/h2-4,6-7,15-16H,5,8-13H2,1H3,(H,19,21)(H,22,23). The highest BCUT2D eigenvalue weighted by atomic mass is 32.2. The Morgan fingerprint density at radius 1 is 1.33 bits per heavy atom. The van der Waals surface area contributed by atoms with E-state index in [0.717, 1.165) is 0 Å². The van der Waals surface area contributed by atoms with Crippen LogP contribution in [0.25, 0.3) is 0 Å². The monoisotopic (exact) mass is 398 g/mol. The molecule has 2 atom stereocenters. The van der Waals surface area contributed by atoms with Gasteiger partial charge in [0.2, 0.25) is 15.9 Å². The molecular formula is C18H26N2O6S. The minimum atomic E-state index is -3.54. The number of aliphatic carboxylic acids is 1. The van der Waals surface area contributed by atoms with E-state index in [1.807, 2.05) is 6.07 Å². The van der Waals surface area contributed by atoms with Crippen LogP contribution >= 0.6 is 0 Å². The summed E-state index contributed by atoms with van der Waals surface area (Å²) >= 11 is 0. The first-order chi connectivity index (χ1) is 12.8. The highest BCUT2D eigenvalue weighted by Crippen LogP contribution is 2.22. The second kappa shape index (κ2) is 9.82. The molecule has 1 heterocycles. The van der Waals surface area contributed by atoms with Crippen molar-refractivity contribution < 1.29 is 27.9 Å². The maximum atomic E-state index is 12.7. The average molecular weight is 398 g/mol. The predicted octanol–water partition coefficient (Wildman–Crippen LogP) is 0.834. The number of piperidine rings is 1. The molecule has 1 aromatic rings. The Morgan fingerprint density at radius 3 is 2.67 bits per heavy atom. The lowest BCUT2D eigenvalue weighted by molar-refractivity contribution is -0.143. The van der Waals surface area contributed by atoms with Gasteiger partial charge in [-0.2, -0.15) is 0 Å². The van der Waals surface area contributed by atoms with E-state index in [-0.39, 0.29) is 25.3 Å². The molecule has 0 bridgehead atoms. The van der Waals surface area contributed by atoms with E-state index in [2.05, 4.69) is 5.32 Å². The van der Waals surface area contributed by atoms with Crippen LogP contribution in [-0.2, 0) is 30.1 Å². The SMILES string of the molecule is COCCC(NC(=O)C1CCCN(S(=O)(=O)Cc2ccccc2)C1)C(=O)O. The van der Waals surface area contributed by atoms with Gasteiger partial charge in [0.25, 0.3) is 0 Å². The predicted molar refractivity (Wildman–Crippen MR) is 99.4 cm³/mol. The molecule has 2 rings (SSSR count). The van der Waals surface area contributed by atoms with Crippen LogP contribution in [0.15, 0.2) is 30.3 Å². The average Bonchev–Trinajstić information content (AvgIpc) is 2.65. The zero-order valence-corrected chi connectivity index (χ0v) is 16.2. The molecule has 0 aromatic heterocycles. The summed E-state index contributed by atoms with van der Waals surface area (Å²) < 4.78 is 31.6. The molecule has 1 saturated heterocycles. The molecule has 1 aliphatic rings. The number of rotatable bonds is 9. The van der Waals surface area contributed by atoms with E-state index in [4.69, 9.17) is 4.74 Å². The summed E-state index contributed by atoms with van der Waals surface area (Å²) in [5, 5.41) is 11.7. The van der Waals surface area contributed by atoms with Crippen molar-refractivity contribution in [2.45, 2.75) is 31.1 Å². The Bertz CT molecular complexity index is 737. The third kappa shape index (κ3) is 6.30. The van der Waals surface area contributed by atoms with Gasteiger partial charge in [0.1, 0.15) is 6.04 Å². The molecule has 2 N–H and O–H groups in total. The maximum Gasteiger partial charge on any atom is 0.326 e. The number of carbonyl (C=O) groups is 2. The lowest BCUT2D eigenvalue weighted by atomic mass is 9.98. The van der Waals surface area contributed by atoms with Gasteiger partial charge >= 0.3 is 5.97 Å². The number of methoxy groups -OCH3 is 1. The van der Waals surface area contributed by atoms with E-state index < -0.39 is 33.9 Å². The second-order valence-electron chi connectivity index (χ2n) is 6.62. The van der Waals surface area contributed by atoms with Gasteiger partial charge in [0, 0.05) is 33.2 Å². The number of benzene rings is 1. The number of nitrogens with zero attached hydrogens (tertiary/aromatic N) is 1. The van der Waals surface area contributed by atoms with Crippen LogP contribution < -0.4 is 5.32 Å². The van der Waals surface area contributed by atoms with Gasteiger partial charge in [0.15, 0.2) is 0 Å². The second-order valence-corrected chi connectivity index (χ2v) is 8.59. The molecule has 0 saturated carbocycles. The van der Waals surface area contributed by atoms with E-state index in [9.17, 15) is 23.1 Å². The van der Waals surface area contributed by atoms with E-state index in [0.29, 0.717) is 24.9 Å². The quantitative estimate of drug-likeness (QED) is 0.637. The van der Waals surface area contributed by atoms with Crippen LogP contribution in [0.1, 0.15) is 24.8 Å². The van der Waals surface area contributed by atoms with Gasteiger partial charge in [0.05, 0.1) is 11.7 Å². The van der Waals surface area contributed by atoms with Crippen molar-refractivity contribution in [3.63, 3.8) is 0 Å². The number of hydrogen-bond acceptors (Lipinski definition) is 5. The van der Waals surface area contributed by atoms with Crippen LogP contribution in [-0.4, -0.2) is 62.6 Å². The van der Waals surface area contributed by atoms with Crippen molar-refractivity contribution in [1.82, 2.24) is 9.62 Å². The van der Waals surface area contributed by atoms with E-state index in [1.165, 1.54) is 11.4 Å². The van der Waals surface area contributed by atoms with Crippen molar-refractivity contribution >= 4 is 21.9 Å². The fourth-order valence-electron chi connectivity index (χ4n) is 3.07. The number of sulfonamides is 1. The van der Waals surface area contributed by atoms with E-state index in [1.54, 1.807) is 24.3 Å². The topological polar surface area (TPSA) is 113 Å². The van der Waals surface area contributed by atoms with Gasteiger partial charge in [-0.25, -0.2) is 17.5 Å². The molecule has 1 fully saturated rings. The lowest BCUT2D eigenvalue weighted by Gasteiger charge is -2.31. The smallest absolute Gasteiger partial charge is 0.326 e. The normalized spacial score (nSPS) is 19.4. The summed E-state index contributed by atoms with van der Waals surface area (Å²) in [7, 11) is -2.09. The van der Waals surface area contributed by atoms with Gasteiger partial charge in [-0.05, 0) is 18.4 Å². The summed E-state index contributed by atoms with van der Waals surface area (Å²) in [6.45, 7) is 0.641. The summed E-state index contributed by atoms with van der Waals surface area (Å²) in [6, 6.07) is 7.83. The number of carboxylic acids is 1. The third-order valence-electron chi connectivity index (χ3n) is 4.57. The van der Waals surface area contributed by atoms with Gasteiger partial charge in [-0.15, -0.1) is 0 Å². The van der Waals surface area contributed by atoms with Crippen LogP contribution in [0.3, 0.4) is 0 Å². The molecular weight excluding hydrogens is 372 g/mol. The van der Waals surface area contributed by atoms with Crippen molar-refractivity contribution in [1.29, 1.82) is 0 Å². The molecule has 27 heavy (non-hydrogen) atoms. The minimum Gasteiger partial charge on any atom is -0.480 e. The minimum absolute atomic E-state index is 0.0671. The number of carbonyl (C=O) groups excluding carboxylic acids is 1. The summed E-state index contributed by atoms with van der Waals surface area (Å²) in [5.41, 5.74) is 0.689. The molecule has 1 aromatic carbocycles. The highest BCUT2D eigenvalue weighted by Gasteiger charge is 2.33. The number of ether oxygens (including phenoxy) is 1. The Kier molecular flexibility index (Phi) is 7.76. The number of nitrogens with one attached hydrogen (secondary N) is 1. The molecule has 2 unspecified atom stereocenters. The van der Waals surface area contributed by atoms with E-state index >= 15 is 0 Å². The Morgan fingerprint density at radius 2 is 2.04 bits per heavy atom. The first-order valence-electron chi connectivity index (χ1n) is 8.87. The maximum absolute atomic E-state index is 12.7. The van der Waals surface area contributed by atoms with Gasteiger partial charge < -0.3 is 15.2 Å². The number of hydrogen-bond donors (Lipinski definition) is 2. The Labute approximate surface area is 159 Å². The fourth-order valence-corrected chi connectivity index (χ4v) is 4.68. The van der Waals surface area contributed by atoms with Crippen molar-refractivity contribution in [3.8, 4) is 0 Å². The van der Waals surface area contributed by atoms with Crippen LogP contribution in [0.2, 0.25) is 0 Å². The molecule has 0 radical (unpaired) electrons. The molecule has 0 aliphatic carbocycles. The zero-order chi connectivity index (χ0) is 19.9. The highest BCUT2D eigenvalue weighted by molar-refractivity contribution is 7.88. The first kappa shape index (κ1) is 21.3. The van der Waals surface area contributed by atoms with Crippen molar-refractivity contribution in [2.24, 2.45) is 5.92 Å². The van der Waals surface area contributed by atoms with Crippen LogP contribution in [0.5, 0.6) is 0 Å². The van der Waals surface area contributed by atoms with Gasteiger partial charge in [-0.1, -0.05) is 30.3 Å². The van der Waals surface area contributed by atoms with Crippen molar-refractivity contribution in [2.75, 3.05) is 26.8 Å².